The van der Waals surface area contributed by atoms with Gasteiger partial charge in [0.15, 0.2) is 5.84 Å². The molecule has 1 aromatic carbocycles. The molecule has 3 N–H and O–H groups in total. The average Bonchev–Trinajstić information content (AvgIpc) is 2.45. The highest BCUT2D eigenvalue weighted by Crippen LogP contribution is 2.24. The molecule has 0 bridgehead atoms. The van der Waals surface area contributed by atoms with Crippen LogP contribution in [0.2, 0.25) is 0 Å². The van der Waals surface area contributed by atoms with E-state index in [1.54, 1.807) is 12.1 Å². The molecule has 0 radical (unpaired) electrons. The number of hydrogen-bond acceptors (Lipinski definition) is 4. The summed E-state index contributed by atoms with van der Waals surface area (Å²) in [5, 5.41) is 11.5. The maximum Gasteiger partial charge on any atom is 0.170 e. The van der Waals surface area contributed by atoms with Crippen LogP contribution in [0, 0.1) is 5.82 Å². The second-order valence-electron chi connectivity index (χ2n) is 5.32. The number of anilines is 1. The van der Waals surface area contributed by atoms with E-state index in [9.17, 15) is 4.39 Å². The van der Waals surface area contributed by atoms with E-state index in [0.29, 0.717) is 17.3 Å². The number of piperidine rings is 1. The molecular weight excluding hydrogens is 259 g/mol. The number of rotatable bonds is 3. The van der Waals surface area contributed by atoms with Crippen LogP contribution in [-0.2, 0) is 0 Å². The van der Waals surface area contributed by atoms with Gasteiger partial charge in [0.05, 0.1) is 5.69 Å². The lowest BCUT2D eigenvalue weighted by molar-refractivity contribution is 0.247. The molecule has 110 valence electrons. The maximum atomic E-state index is 14.2. The van der Waals surface area contributed by atoms with Crippen molar-refractivity contribution in [2.75, 3.05) is 32.1 Å². The number of oxime groups is 1. The second kappa shape index (κ2) is 6.09. The van der Waals surface area contributed by atoms with Crippen molar-refractivity contribution in [2.24, 2.45) is 10.9 Å². The number of nitrogens with two attached hydrogens (primary N) is 1. The van der Waals surface area contributed by atoms with Crippen LogP contribution in [0.1, 0.15) is 18.4 Å². The summed E-state index contributed by atoms with van der Waals surface area (Å²) in [5.41, 5.74) is 6.38. The summed E-state index contributed by atoms with van der Waals surface area (Å²) >= 11 is 0. The van der Waals surface area contributed by atoms with Gasteiger partial charge in [0.2, 0.25) is 0 Å². The van der Waals surface area contributed by atoms with Gasteiger partial charge in [-0.25, -0.2) is 4.39 Å². The van der Waals surface area contributed by atoms with Crippen molar-refractivity contribution >= 4 is 11.5 Å². The van der Waals surface area contributed by atoms with Gasteiger partial charge in [-0.05, 0) is 44.6 Å². The van der Waals surface area contributed by atoms with Crippen LogP contribution in [0.5, 0.6) is 0 Å². The van der Waals surface area contributed by atoms with E-state index in [1.165, 1.54) is 6.07 Å². The third-order valence-corrected chi connectivity index (χ3v) is 3.88. The Morgan fingerprint density at radius 3 is 2.90 bits per heavy atom. The van der Waals surface area contributed by atoms with E-state index in [-0.39, 0.29) is 11.7 Å². The minimum Gasteiger partial charge on any atom is -0.409 e. The van der Waals surface area contributed by atoms with Gasteiger partial charge < -0.3 is 20.7 Å². The zero-order chi connectivity index (χ0) is 14.7. The van der Waals surface area contributed by atoms with Crippen molar-refractivity contribution in [3.63, 3.8) is 0 Å². The summed E-state index contributed by atoms with van der Waals surface area (Å²) in [5.74, 6) is -0.444. The normalized spacial score (nSPS) is 20.9. The van der Waals surface area contributed by atoms with E-state index in [2.05, 4.69) is 17.1 Å². The number of nitrogens with zero attached hydrogens (tertiary/aromatic N) is 3. The molecule has 20 heavy (non-hydrogen) atoms. The van der Waals surface area contributed by atoms with E-state index in [0.717, 1.165) is 25.9 Å². The summed E-state index contributed by atoms with van der Waals surface area (Å²) in [7, 11) is 3.99. The fourth-order valence-electron chi connectivity index (χ4n) is 2.66. The van der Waals surface area contributed by atoms with Crippen LogP contribution in [0.4, 0.5) is 10.1 Å². The number of hydrogen-bond donors (Lipinski definition) is 2. The Morgan fingerprint density at radius 1 is 1.55 bits per heavy atom. The molecule has 1 heterocycles. The van der Waals surface area contributed by atoms with Gasteiger partial charge in [-0.1, -0.05) is 5.16 Å². The largest absolute Gasteiger partial charge is 0.409 e. The second-order valence-corrected chi connectivity index (χ2v) is 5.32. The standard InChI is InChI=1S/C14H21FN4O/c1-18-7-3-4-11(9-18)19(2)13-6-5-10(8-12(13)15)14(16)17-20/h5-6,8,11,20H,3-4,7,9H2,1-2H3,(H2,16,17). The first kappa shape index (κ1) is 14.6. The molecule has 0 amide bonds. The summed E-state index contributed by atoms with van der Waals surface area (Å²) in [6, 6.07) is 4.94. The Morgan fingerprint density at radius 2 is 2.30 bits per heavy atom. The number of amidine groups is 1. The highest BCUT2D eigenvalue weighted by atomic mass is 19.1. The molecule has 0 saturated carbocycles. The Balaban J connectivity index is 2.20. The third-order valence-electron chi connectivity index (χ3n) is 3.88. The highest BCUT2D eigenvalue weighted by molar-refractivity contribution is 5.97. The summed E-state index contributed by atoms with van der Waals surface area (Å²) in [4.78, 5) is 4.23. The lowest BCUT2D eigenvalue weighted by Crippen LogP contribution is -2.45. The van der Waals surface area contributed by atoms with Crippen molar-refractivity contribution in [1.29, 1.82) is 0 Å². The number of likely N-dealkylation sites (N-methyl/N-ethyl adjacent to an activating group) is 2. The molecule has 1 aromatic rings. The zero-order valence-electron chi connectivity index (χ0n) is 11.9. The first-order valence-electron chi connectivity index (χ1n) is 6.71. The topological polar surface area (TPSA) is 65.1 Å². The van der Waals surface area contributed by atoms with Crippen LogP contribution in [-0.4, -0.2) is 49.2 Å². The zero-order valence-corrected chi connectivity index (χ0v) is 11.9. The molecule has 1 aliphatic rings. The van der Waals surface area contributed by atoms with Crippen molar-refractivity contribution in [3.05, 3.63) is 29.6 Å². The van der Waals surface area contributed by atoms with Crippen molar-refractivity contribution < 1.29 is 9.60 Å². The molecule has 0 aliphatic carbocycles. The molecule has 1 saturated heterocycles. The van der Waals surface area contributed by atoms with Gasteiger partial charge in [-0.15, -0.1) is 0 Å². The molecule has 0 spiro atoms. The lowest BCUT2D eigenvalue weighted by Gasteiger charge is -2.37. The molecule has 0 aromatic heterocycles. The predicted octanol–water partition coefficient (Wildman–Crippen LogP) is 1.45. The Hall–Kier alpha value is -1.82. The van der Waals surface area contributed by atoms with Crippen LogP contribution in [0.3, 0.4) is 0 Å². The molecule has 1 unspecified atom stereocenters. The fraction of sp³-hybridized carbons (Fsp3) is 0.500. The number of benzene rings is 1. The van der Waals surface area contributed by atoms with Gasteiger partial charge in [0.25, 0.3) is 0 Å². The molecule has 1 fully saturated rings. The number of likely N-dealkylation sites (tertiary alicyclic amines) is 1. The van der Waals surface area contributed by atoms with E-state index >= 15 is 0 Å². The van der Waals surface area contributed by atoms with Gasteiger partial charge >= 0.3 is 0 Å². The third kappa shape index (κ3) is 3.01. The molecular formula is C14H21FN4O. The monoisotopic (exact) mass is 280 g/mol. The van der Waals surface area contributed by atoms with Crippen molar-refractivity contribution in [1.82, 2.24) is 4.90 Å². The van der Waals surface area contributed by atoms with E-state index in [1.807, 2.05) is 11.9 Å². The molecule has 1 atom stereocenters. The molecule has 5 nitrogen and oxygen atoms in total. The molecule has 2 rings (SSSR count). The van der Waals surface area contributed by atoms with Crippen LogP contribution in [0.25, 0.3) is 0 Å². The Bertz CT molecular complexity index is 506. The minimum absolute atomic E-state index is 0.0875. The Kier molecular flexibility index (Phi) is 4.44. The molecule has 1 aliphatic heterocycles. The summed E-state index contributed by atoms with van der Waals surface area (Å²) < 4.78 is 14.2. The van der Waals surface area contributed by atoms with Crippen molar-refractivity contribution in [3.8, 4) is 0 Å². The van der Waals surface area contributed by atoms with Gasteiger partial charge in [-0.2, -0.15) is 0 Å². The maximum absolute atomic E-state index is 14.2. The van der Waals surface area contributed by atoms with Gasteiger partial charge in [0, 0.05) is 25.2 Å². The summed E-state index contributed by atoms with van der Waals surface area (Å²) in [6.07, 6.45) is 2.18. The van der Waals surface area contributed by atoms with Crippen LogP contribution >= 0.6 is 0 Å². The van der Waals surface area contributed by atoms with Gasteiger partial charge in [-0.3, -0.25) is 0 Å². The summed E-state index contributed by atoms with van der Waals surface area (Å²) in [6.45, 7) is 2.02. The minimum atomic E-state index is -0.357. The predicted molar refractivity (Wildman–Crippen MR) is 77.8 cm³/mol. The van der Waals surface area contributed by atoms with E-state index in [4.69, 9.17) is 10.9 Å². The van der Waals surface area contributed by atoms with Crippen molar-refractivity contribution in [2.45, 2.75) is 18.9 Å². The number of halogens is 1. The SMILES string of the molecule is CN1CCCC(N(C)c2ccc(C(N)=NO)cc2F)C1. The van der Waals surface area contributed by atoms with Crippen LogP contribution < -0.4 is 10.6 Å². The van der Waals surface area contributed by atoms with Gasteiger partial charge in [0.1, 0.15) is 5.82 Å². The fourth-order valence-corrected chi connectivity index (χ4v) is 2.66. The highest BCUT2D eigenvalue weighted by Gasteiger charge is 2.23. The average molecular weight is 280 g/mol. The lowest BCUT2D eigenvalue weighted by atomic mass is 10.0. The first-order chi connectivity index (χ1) is 9.52. The quantitative estimate of drug-likeness (QED) is 0.381. The van der Waals surface area contributed by atoms with Crippen LogP contribution in [0.15, 0.2) is 23.4 Å². The molecule has 6 heteroatoms. The first-order valence-corrected chi connectivity index (χ1v) is 6.71. The van der Waals surface area contributed by atoms with E-state index < -0.39 is 0 Å². The smallest absolute Gasteiger partial charge is 0.170 e. The Labute approximate surface area is 118 Å².